The highest BCUT2D eigenvalue weighted by molar-refractivity contribution is 5.61. The third-order valence-corrected chi connectivity index (χ3v) is 5.20. The first-order valence-electron chi connectivity index (χ1n) is 9.58. The highest BCUT2D eigenvalue weighted by Gasteiger charge is 2.14. The highest BCUT2D eigenvalue weighted by atomic mass is 15.2. The second-order valence-electron chi connectivity index (χ2n) is 7.11. The first-order valence-corrected chi connectivity index (χ1v) is 9.58. The van der Waals surface area contributed by atoms with E-state index in [0.29, 0.717) is 6.04 Å². The smallest absolute Gasteiger partial charge is 0.224 e. The van der Waals surface area contributed by atoms with Crippen molar-refractivity contribution in [2.75, 3.05) is 28.6 Å². The lowest BCUT2D eigenvalue weighted by Crippen LogP contribution is -2.23. The maximum atomic E-state index is 4.62. The van der Waals surface area contributed by atoms with Crippen LogP contribution in [0.5, 0.6) is 0 Å². The zero-order valence-electron chi connectivity index (χ0n) is 14.7. The molecule has 1 saturated carbocycles. The maximum Gasteiger partial charge on any atom is 0.224 e. The Bertz CT molecular complexity index is 673. The molecule has 25 heavy (non-hydrogen) atoms. The summed E-state index contributed by atoms with van der Waals surface area (Å²) in [7, 11) is 0. The van der Waals surface area contributed by atoms with Gasteiger partial charge in [0.1, 0.15) is 5.82 Å². The molecular weight excluding hydrogens is 310 g/mol. The Morgan fingerprint density at radius 2 is 1.64 bits per heavy atom. The van der Waals surface area contributed by atoms with Gasteiger partial charge in [0.15, 0.2) is 0 Å². The molecule has 2 aromatic rings. The van der Waals surface area contributed by atoms with Gasteiger partial charge in [-0.1, -0.05) is 19.3 Å². The number of rotatable bonds is 5. The average molecular weight is 337 g/mol. The van der Waals surface area contributed by atoms with Crippen LogP contribution in [0.15, 0.2) is 36.5 Å². The molecule has 0 atom stereocenters. The first kappa shape index (κ1) is 16.2. The molecule has 2 N–H and O–H groups in total. The number of hydrogen-bond donors (Lipinski definition) is 2. The summed E-state index contributed by atoms with van der Waals surface area (Å²) < 4.78 is 0. The van der Waals surface area contributed by atoms with Crippen molar-refractivity contribution in [3.05, 3.63) is 36.5 Å². The molecule has 2 heterocycles. The van der Waals surface area contributed by atoms with Gasteiger partial charge < -0.3 is 15.5 Å². The fourth-order valence-corrected chi connectivity index (χ4v) is 3.81. The molecule has 0 radical (unpaired) electrons. The Kier molecular flexibility index (Phi) is 5.00. The predicted octanol–water partition coefficient (Wildman–Crippen LogP) is 4.57. The number of aromatic nitrogens is 2. The molecule has 0 unspecified atom stereocenters. The number of nitrogens with zero attached hydrogens (tertiary/aromatic N) is 3. The fraction of sp³-hybridized carbons (Fsp3) is 0.500. The summed E-state index contributed by atoms with van der Waals surface area (Å²) in [6.07, 6.45) is 10.8. The summed E-state index contributed by atoms with van der Waals surface area (Å²) in [5.74, 6) is 1.56. The van der Waals surface area contributed by atoms with Crippen LogP contribution in [0.2, 0.25) is 0 Å². The standard InChI is InChI=1S/C20H27N5/c1-2-6-16(7-3-1)23-20-21-13-12-19(24-20)22-17-8-10-18(11-9-17)25-14-4-5-15-25/h8-13,16H,1-7,14-15H2,(H2,21,22,23,24). The third-order valence-electron chi connectivity index (χ3n) is 5.20. The number of benzene rings is 1. The van der Waals surface area contributed by atoms with Crippen molar-refractivity contribution in [3.63, 3.8) is 0 Å². The number of hydrogen-bond acceptors (Lipinski definition) is 5. The second kappa shape index (κ2) is 7.72. The molecule has 2 fully saturated rings. The van der Waals surface area contributed by atoms with Crippen molar-refractivity contribution < 1.29 is 0 Å². The zero-order chi connectivity index (χ0) is 16.9. The molecule has 5 nitrogen and oxygen atoms in total. The topological polar surface area (TPSA) is 53.1 Å². The van der Waals surface area contributed by atoms with Crippen LogP contribution in [0.25, 0.3) is 0 Å². The summed E-state index contributed by atoms with van der Waals surface area (Å²) in [5.41, 5.74) is 2.37. The molecule has 4 rings (SSSR count). The van der Waals surface area contributed by atoms with Gasteiger partial charge in [0.05, 0.1) is 0 Å². The van der Waals surface area contributed by atoms with E-state index in [2.05, 4.69) is 49.8 Å². The largest absolute Gasteiger partial charge is 0.372 e. The molecule has 0 amide bonds. The van der Waals surface area contributed by atoms with Crippen LogP contribution in [0, 0.1) is 0 Å². The van der Waals surface area contributed by atoms with Gasteiger partial charge in [-0.3, -0.25) is 0 Å². The van der Waals surface area contributed by atoms with Crippen molar-refractivity contribution in [1.82, 2.24) is 9.97 Å². The predicted molar refractivity (Wildman–Crippen MR) is 104 cm³/mol. The molecule has 5 heteroatoms. The Hall–Kier alpha value is -2.30. The Morgan fingerprint density at radius 3 is 2.40 bits per heavy atom. The van der Waals surface area contributed by atoms with E-state index >= 15 is 0 Å². The lowest BCUT2D eigenvalue weighted by molar-refractivity contribution is 0.461. The minimum atomic E-state index is 0.517. The van der Waals surface area contributed by atoms with E-state index in [0.717, 1.165) is 17.5 Å². The Balaban J connectivity index is 1.39. The number of nitrogens with one attached hydrogen (secondary N) is 2. The third kappa shape index (κ3) is 4.21. The van der Waals surface area contributed by atoms with E-state index in [1.54, 1.807) is 0 Å². The van der Waals surface area contributed by atoms with E-state index in [9.17, 15) is 0 Å². The fourth-order valence-electron chi connectivity index (χ4n) is 3.81. The van der Waals surface area contributed by atoms with Gasteiger partial charge >= 0.3 is 0 Å². The first-order chi connectivity index (χ1) is 12.4. The Labute approximate surface area is 149 Å². The summed E-state index contributed by atoms with van der Waals surface area (Å²) in [5, 5.41) is 6.87. The summed E-state index contributed by atoms with van der Waals surface area (Å²) in [6, 6.07) is 11.1. The Morgan fingerprint density at radius 1 is 0.880 bits per heavy atom. The van der Waals surface area contributed by atoms with Crippen molar-refractivity contribution in [3.8, 4) is 0 Å². The molecule has 0 spiro atoms. The van der Waals surface area contributed by atoms with Gasteiger partial charge in [0.25, 0.3) is 0 Å². The van der Waals surface area contributed by atoms with E-state index in [4.69, 9.17) is 0 Å². The van der Waals surface area contributed by atoms with Crippen LogP contribution in [0.3, 0.4) is 0 Å². The van der Waals surface area contributed by atoms with Crippen molar-refractivity contribution >= 4 is 23.1 Å². The van der Waals surface area contributed by atoms with Crippen LogP contribution >= 0.6 is 0 Å². The van der Waals surface area contributed by atoms with Gasteiger partial charge in [0.2, 0.25) is 5.95 Å². The van der Waals surface area contributed by atoms with E-state index in [1.807, 2.05) is 12.3 Å². The molecule has 1 saturated heterocycles. The van der Waals surface area contributed by atoms with E-state index < -0.39 is 0 Å². The van der Waals surface area contributed by atoms with Crippen LogP contribution in [-0.2, 0) is 0 Å². The molecule has 132 valence electrons. The lowest BCUT2D eigenvalue weighted by Gasteiger charge is -2.22. The lowest BCUT2D eigenvalue weighted by atomic mass is 9.96. The van der Waals surface area contributed by atoms with Crippen molar-refractivity contribution in [2.45, 2.75) is 51.0 Å². The van der Waals surface area contributed by atoms with E-state index in [1.165, 1.54) is 63.7 Å². The van der Waals surface area contributed by atoms with Gasteiger partial charge in [-0.15, -0.1) is 0 Å². The minimum absolute atomic E-state index is 0.517. The average Bonchev–Trinajstić information content (AvgIpc) is 3.18. The summed E-state index contributed by atoms with van der Waals surface area (Å²) in [4.78, 5) is 11.4. The number of anilines is 4. The minimum Gasteiger partial charge on any atom is -0.372 e. The monoisotopic (exact) mass is 337 g/mol. The van der Waals surface area contributed by atoms with Gasteiger partial charge in [0, 0.05) is 36.7 Å². The van der Waals surface area contributed by atoms with Crippen LogP contribution < -0.4 is 15.5 Å². The quantitative estimate of drug-likeness (QED) is 0.837. The summed E-state index contributed by atoms with van der Waals surface area (Å²) in [6.45, 7) is 2.35. The molecule has 1 aliphatic heterocycles. The summed E-state index contributed by atoms with van der Waals surface area (Å²) >= 11 is 0. The van der Waals surface area contributed by atoms with E-state index in [-0.39, 0.29) is 0 Å². The normalized spacial score (nSPS) is 18.3. The zero-order valence-corrected chi connectivity index (χ0v) is 14.7. The molecular formula is C20H27N5. The van der Waals surface area contributed by atoms with Crippen LogP contribution in [0.4, 0.5) is 23.1 Å². The molecule has 1 aliphatic carbocycles. The molecule has 2 aliphatic rings. The van der Waals surface area contributed by atoms with Crippen LogP contribution in [0.1, 0.15) is 44.9 Å². The molecule has 1 aromatic heterocycles. The van der Waals surface area contributed by atoms with Gasteiger partial charge in [-0.25, -0.2) is 4.98 Å². The van der Waals surface area contributed by atoms with Crippen LogP contribution in [-0.4, -0.2) is 29.1 Å². The van der Waals surface area contributed by atoms with Gasteiger partial charge in [-0.2, -0.15) is 4.98 Å². The SMILES string of the molecule is c1cc(Nc2ccc(N3CCCC3)cc2)nc(NC2CCCCC2)n1. The van der Waals surface area contributed by atoms with Crippen molar-refractivity contribution in [1.29, 1.82) is 0 Å². The van der Waals surface area contributed by atoms with Crippen molar-refractivity contribution in [2.24, 2.45) is 0 Å². The molecule has 1 aromatic carbocycles. The second-order valence-corrected chi connectivity index (χ2v) is 7.11. The molecule has 0 bridgehead atoms. The highest BCUT2D eigenvalue weighted by Crippen LogP contribution is 2.24. The maximum absolute atomic E-state index is 4.62. The van der Waals surface area contributed by atoms with Gasteiger partial charge in [-0.05, 0) is 56.0 Å².